The number of hydrogen-bond acceptors (Lipinski definition) is 2. The molecule has 2 aromatic carbocycles. The van der Waals surface area contributed by atoms with E-state index < -0.39 is 52.3 Å². The van der Waals surface area contributed by atoms with E-state index in [1.165, 1.54) is 0 Å². The zero-order chi connectivity index (χ0) is 23.5. The fourth-order valence-electron chi connectivity index (χ4n) is 3.96. The standard InChI is InChI=1S/C23H23F7O2/c1-2-3-13-4-6-14(7-5-13)12-31-19-9-8-16(20(26)22(19)28)23(29,30)32-15-10-17(24)21(27)18(25)11-15/h8-11,13-14H,2-7,12H2,1H3. The van der Waals surface area contributed by atoms with Crippen molar-refractivity contribution in [2.45, 2.75) is 51.6 Å². The number of benzene rings is 2. The highest BCUT2D eigenvalue weighted by atomic mass is 19.3. The molecule has 32 heavy (non-hydrogen) atoms. The average molecular weight is 464 g/mol. The molecule has 1 aliphatic rings. The van der Waals surface area contributed by atoms with Gasteiger partial charge in [-0.25, -0.2) is 17.6 Å². The molecule has 3 rings (SSSR count). The van der Waals surface area contributed by atoms with Gasteiger partial charge < -0.3 is 9.47 Å². The van der Waals surface area contributed by atoms with Crippen LogP contribution in [0.2, 0.25) is 0 Å². The summed E-state index contributed by atoms with van der Waals surface area (Å²) in [5, 5.41) is 0. The first-order valence-corrected chi connectivity index (χ1v) is 10.4. The maximum atomic E-state index is 14.4. The Balaban J connectivity index is 1.68. The summed E-state index contributed by atoms with van der Waals surface area (Å²) >= 11 is 0. The third-order valence-electron chi connectivity index (χ3n) is 5.70. The minimum atomic E-state index is -4.49. The largest absolute Gasteiger partial charge is 0.490 e. The van der Waals surface area contributed by atoms with Crippen LogP contribution in [0, 0.1) is 40.9 Å². The molecule has 0 aromatic heterocycles. The Hall–Kier alpha value is -2.45. The Labute approximate surface area is 181 Å². The Kier molecular flexibility index (Phi) is 7.56. The molecule has 0 N–H and O–H groups in total. The molecule has 2 aromatic rings. The minimum Gasteiger partial charge on any atom is -0.490 e. The molecule has 0 spiro atoms. The third-order valence-corrected chi connectivity index (χ3v) is 5.70. The van der Waals surface area contributed by atoms with Crippen molar-refractivity contribution in [1.82, 2.24) is 0 Å². The van der Waals surface area contributed by atoms with Crippen molar-refractivity contribution in [1.29, 1.82) is 0 Å². The lowest BCUT2D eigenvalue weighted by Gasteiger charge is -2.28. The molecule has 9 heteroatoms. The van der Waals surface area contributed by atoms with E-state index in [2.05, 4.69) is 11.7 Å². The van der Waals surface area contributed by atoms with Crippen molar-refractivity contribution < 1.29 is 40.2 Å². The van der Waals surface area contributed by atoms with Crippen LogP contribution < -0.4 is 9.47 Å². The molecular formula is C23H23F7O2. The SMILES string of the molecule is CCCC1CCC(COc2ccc(C(F)(F)Oc3cc(F)c(F)c(F)c3)c(F)c2F)CC1. The highest BCUT2D eigenvalue weighted by Gasteiger charge is 2.40. The Bertz CT molecular complexity index is 917. The molecule has 0 amide bonds. The summed E-state index contributed by atoms with van der Waals surface area (Å²) in [7, 11) is 0. The molecule has 0 radical (unpaired) electrons. The maximum Gasteiger partial charge on any atom is 0.429 e. The van der Waals surface area contributed by atoms with Crippen LogP contribution in [-0.2, 0) is 6.11 Å². The fourth-order valence-corrected chi connectivity index (χ4v) is 3.96. The van der Waals surface area contributed by atoms with Gasteiger partial charge in [-0.15, -0.1) is 0 Å². The van der Waals surface area contributed by atoms with Gasteiger partial charge in [-0.1, -0.05) is 32.6 Å². The van der Waals surface area contributed by atoms with E-state index in [0.717, 1.165) is 44.6 Å². The third kappa shape index (κ3) is 5.48. The minimum absolute atomic E-state index is 0.135. The molecule has 0 unspecified atom stereocenters. The van der Waals surface area contributed by atoms with Gasteiger partial charge in [0.15, 0.2) is 29.0 Å². The first kappa shape index (κ1) is 24.2. The predicted octanol–water partition coefficient (Wildman–Crippen LogP) is 7.50. The molecule has 0 saturated heterocycles. The van der Waals surface area contributed by atoms with Crippen LogP contribution in [-0.4, -0.2) is 6.61 Å². The molecule has 0 bridgehead atoms. The number of halogens is 7. The quantitative estimate of drug-likeness (QED) is 0.298. The van der Waals surface area contributed by atoms with Gasteiger partial charge in [0.05, 0.1) is 6.61 Å². The van der Waals surface area contributed by atoms with Crippen LogP contribution in [0.1, 0.15) is 51.0 Å². The van der Waals surface area contributed by atoms with E-state index in [-0.39, 0.29) is 24.7 Å². The van der Waals surface area contributed by atoms with E-state index in [1.807, 2.05) is 0 Å². The van der Waals surface area contributed by atoms with Crippen LogP contribution in [0.25, 0.3) is 0 Å². The fraction of sp³-hybridized carbons (Fsp3) is 0.478. The normalized spacial score (nSPS) is 19.1. The van der Waals surface area contributed by atoms with Gasteiger partial charge in [0.2, 0.25) is 5.82 Å². The molecule has 176 valence electrons. The first-order valence-electron chi connectivity index (χ1n) is 10.4. The highest BCUT2D eigenvalue weighted by molar-refractivity contribution is 5.34. The summed E-state index contributed by atoms with van der Waals surface area (Å²) in [5.74, 6) is -9.73. The second-order valence-electron chi connectivity index (χ2n) is 8.05. The van der Waals surface area contributed by atoms with E-state index >= 15 is 0 Å². The summed E-state index contributed by atoms with van der Waals surface area (Å²) in [4.78, 5) is 0. The van der Waals surface area contributed by atoms with Gasteiger partial charge in [-0.2, -0.15) is 13.2 Å². The molecular weight excluding hydrogens is 441 g/mol. The Morgan fingerprint density at radius 3 is 2.03 bits per heavy atom. The smallest absolute Gasteiger partial charge is 0.429 e. The van der Waals surface area contributed by atoms with Gasteiger partial charge in [-0.05, 0) is 36.8 Å². The summed E-state index contributed by atoms with van der Waals surface area (Å²) in [6.07, 6.45) is 1.63. The second kappa shape index (κ2) is 10.0. The number of alkyl halides is 2. The monoisotopic (exact) mass is 464 g/mol. The van der Waals surface area contributed by atoms with Crippen LogP contribution >= 0.6 is 0 Å². The van der Waals surface area contributed by atoms with Gasteiger partial charge >= 0.3 is 6.11 Å². The van der Waals surface area contributed by atoms with Gasteiger partial charge in [0, 0.05) is 12.1 Å². The van der Waals surface area contributed by atoms with Crippen LogP contribution in [0.5, 0.6) is 11.5 Å². The Morgan fingerprint density at radius 1 is 0.844 bits per heavy atom. The lowest BCUT2D eigenvalue weighted by atomic mass is 9.80. The molecule has 0 heterocycles. The summed E-state index contributed by atoms with van der Waals surface area (Å²) in [6, 6.07) is 1.77. The van der Waals surface area contributed by atoms with Crippen LogP contribution in [0.4, 0.5) is 30.7 Å². The van der Waals surface area contributed by atoms with Crippen molar-refractivity contribution in [3.8, 4) is 11.5 Å². The maximum absolute atomic E-state index is 14.4. The van der Waals surface area contributed by atoms with Gasteiger partial charge in [0.1, 0.15) is 11.3 Å². The zero-order valence-electron chi connectivity index (χ0n) is 17.4. The van der Waals surface area contributed by atoms with Gasteiger partial charge in [0.25, 0.3) is 0 Å². The molecule has 1 saturated carbocycles. The summed E-state index contributed by atoms with van der Waals surface area (Å²) < 4.78 is 106. The molecule has 0 atom stereocenters. The van der Waals surface area contributed by atoms with E-state index in [4.69, 9.17) is 4.74 Å². The van der Waals surface area contributed by atoms with Crippen LogP contribution in [0.3, 0.4) is 0 Å². The highest BCUT2D eigenvalue weighted by Crippen LogP contribution is 2.37. The number of rotatable bonds is 8. The summed E-state index contributed by atoms with van der Waals surface area (Å²) in [6.45, 7) is 2.26. The molecule has 0 aliphatic heterocycles. The van der Waals surface area contributed by atoms with E-state index in [0.29, 0.717) is 12.0 Å². The van der Waals surface area contributed by atoms with Crippen molar-refractivity contribution in [2.75, 3.05) is 6.61 Å². The van der Waals surface area contributed by atoms with Crippen molar-refractivity contribution in [3.63, 3.8) is 0 Å². The average Bonchev–Trinajstić information content (AvgIpc) is 2.74. The molecule has 1 fully saturated rings. The molecule has 1 aliphatic carbocycles. The van der Waals surface area contributed by atoms with Gasteiger partial charge in [-0.3, -0.25) is 0 Å². The first-order chi connectivity index (χ1) is 15.1. The zero-order valence-corrected chi connectivity index (χ0v) is 17.4. The second-order valence-corrected chi connectivity index (χ2v) is 8.05. The summed E-state index contributed by atoms with van der Waals surface area (Å²) in [5.41, 5.74) is -1.49. The number of ether oxygens (including phenoxy) is 2. The van der Waals surface area contributed by atoms with E-state index in [9.17, 15) is 30.7 Å². The van der Waals surface area contributed by atoms with Crippen LogP contribution in [0.15, 0.2) is 24.3 Å². The number of hydrogen-bond donors (Lipinski definition) is 0. The Morgan fingerprint density at radius 2 is 1.44 bits per heavy atom. The van der Waals surface area contributed by atoms with Crippen molar-refractivity contribution in [2.24, 2.45) is 11.8 Å². The van der Waals surface area contributed by atoms with Crippen molar-refractivity contribution in [3.05, 3.63) is 58.9 Å². The molecule has 2 nitrogen and oxygen atoms in total. The van der Waals surface area contributed by atoms with E-state index in [1.54, 1.807) is 0 Å². The lowest BCUT2D eigenvalue weighted by Crippen LogP contribution is -2.25. The topological polar surface area (TPSA) is 18.5 Å². The predicted molar refractivity (Wildman–Crippen MR) is 103 cm³/mol. The lowest BCUT2D eigenvalue weighted by molar-refractivity contribution is -0.188. The van der Waals surface area contributed by atoms with Crippen molar-refractivity contribution >= 4 is 0 Å².